The molecule has 0 aliphatic carbocycles. The number of fused-ring (bicyclic) bond motifs is 1. The van der Waals surface area contributed by atoms with E-state index in [0.29, 0.717) is 22.4 Å². The molecule has 0 spiro atoms. The molecule has 1 amide bonds. The van der Waals surface area contributed by atoms with Crippen LogP contribution in [0.5, 0.6) is 0 Å². The standard InChI is InChI=1S/C16H11NO3/c18-9-11-4-3-5-12(8-11)17-16(19)14-10-20-15-7-2-1-6-13(14)15/h1-10H,(H,17,19). The molecule has 0 saturated heterocycles. The molecule has 0 bridgehead atoms. The molecule has 0 aliphatic heterocycles. The number of anilines is 1. The molecule has 0 unspecified atom stereocenters. The summed E-state index contributed by atoms with van der Waals surface area (Å²) < 4.78 is 5.34. The maximum atomic E-state index is 12.2. The number of nitrogens with one attached hydrogen (secondary N) is 1. The van der Waals surface area contributed by atoms with Crippen molar-refractivity contribution >= 4 is 28.8 Å². The van der Waals surface area contributed by atoms with Gasteiger partial charge >= 0.3 is 0 Å². The first-order valence-corrected chi connectivity index (χ1v) is 6.11. The minimum atomic E-state index is -0.266. The molecular formula is C16H11NO3. The van der Waals surface area contributed by atoms with E-state index in [1.54, 1.807) is 30.3 Å². The summed E-state index contributed by atoms with van der Waals surface area (Å²) in [7, 11) is 0. The summed E-state index contributed by atoms with van der Waals surface area (Å²) in [5, 5.41) is 3.51. The third kappa shape index (κ3) is 2.19. The van der Waals surface area contributed by atoms with Crippen molar-refractivity contribution in [3.05, 3.63) is 65.9 Å². The molecule has 1 heterocycles. The molecule has 3 rings (SSSR count). The summed E-state index contributed by atoms with van der Waals surface area (Å²) in [6.45, 7) is 0. The van der Waals surface area contributed by atoms with Crippen molar-refractivity contribution in [1.82, 2.24) is 0 Å². The van der Waals surface area contributed by atoms with Crippen molar-refractivity contribution in [1.29, 1.82) is 0 Å². The number of para-hydroxylation sites is 1. The first-order chi connectivity index (χ1) is 9.78. The number of carbonyl (C=O) groups is 2. The lowest BCUT2D eigenvalue weighted by Gasteiger charge is -2.04. The third-order valence-corrected chi connectivity index (χ3v) is 3.01. The van der Waals surface area contributed by atoms with E-state index >= 15 is 0 Å². The molecule has 98 valence electrons. The van der Waals surface area contributed by atoms with Gasteiger partial charge in [-0.2, -0.15) is 0 Å². The van der Waals surface area contributed by atoms with E-state index < -0.39 is 0 Å². The van der Waals surface area contributed by atoms with Crippen LogP contribution in [0.25, 0.3) is 11.0 Å². The van der Waals surface area contributed by atoms with Crippen LogP contribution < -0.4 is 5.32 Å². The Morgan fingerprint density at radius 1 is 1.10 bits per heavy atom. The molecule has 1 N–H and O–H groups in total. The van der Waals surface area contributed by atoms with Gasteiger partial charge in [-0.25, -0.2) is 0 Å². The summed E-state index contributed by atoms with van der Waals surface area (Å²) in [4.78, 5) is 22.9. The van der Waals surface area contributed by atoms with Crippen molar-refractivity contribution in [3.8, 4) is 0 Å². The number of amides is 1. The summed E-state index contributed by atoms with van der Waals surface area (Å²) >= 11 is 0. The average Bonchev–Trinajstić information content (AvgIpc) is 2.91. The molecule has 0 fully saturated rings. The van der Waals surface area contributed by atoms with Gasteiger partial charge in [-0.1, -0.05) is 30.3 Å². The molecule has 0 aliphatic rings. The second-order valence-electron chi connectivity index (χ2n) is 4.34. The van der Waals surface area contributed by atoms with Crippen LogP contribution in [0.1, 0.15) is 20.7 Å². The Kier molecular flexibility index (Phi) is 3.05. The van der Waals surface area contributed by atoms with E-state index in [1.807, 2.05) is 18.2 Å². The first-order valence-electron chi connectivity index (χ1n) is 6.11. The quantitative estimate of drug-likeness (QED) is 0.737. The van der Waals surface area contributed by atoms with Gasteiger partial charge in [0.25, 0.3) is 5.91 Å². The fraction of sp³-hybridized carbons (Fsp3) is 0. The summed E-state index contributed by atoms with van der Waals surface area (Å²) in [6.07, 6.45) is 2.17. The van der Waals surface area contributed by atoms with E-state index in [9.17, 15) is 9.59 Å². The van der Waals surface area contributed by atoms with Crippen LogP contribution in [0.15, 0.2) is 59.2 Å². The second kappa shape index (κ2) is 5.01. The highest BCUT2D eigenvalue weighted by atomic mass is 16.3. The van der Waals surface area contributed by atoms with Crippen LogP contribution in [0.2, 0.25) is 0 Å². The summed E-state index contributed by atoms with van der Waals surface area (Å²) in [6, 6.07) is 14.1. The third-order valence-electron chi connectivity index (χ3n) is 3.01. The van der Waals surface area contributed by atoms with E-state index in [2.05, 4.69) is 5.32 Å². The van der Waals surface area contributed by atoms with Gasteiger partial charge in [0.1, 0.15) is 18.1 Å². The zero-order valence-electron chi connectivity index (χ0n) is 10.5. The SMILES string of the molecule is O=Cc1cccc(NC(=O)c2coc3ccccc23)c1. The molecule has 3 aromatic rings. The Morgan fingerprint density at radius 3 is 2.80 bits per heavy atom. The van der Waals surface area contributed by atoms with Gasteiger partial charge in [0.2, 0.25) is 0 Å². The van der Waals surface area contributed by atoms with Crippen molar-refractivity contribution in [2.45, 2.75) is 0 Å². The van der Waals surface area contributed by atoms with E-state index in [0.717, 1.165) is 11.7 Å². The van der Waals surface area contributed by atoms with Crippen LogP contribution in [-0.2, 0) is 0 Å². The highest BCUT2D eigenvalue weighted by molar-refractivity contribution is 6.12. The Morgan fingerprint density at radius 2 is 1.95 bits per heavy atom. The van der Waals surface area contributed by atoms with Crippen molar-refractivity contribution in [2.24, 2.45) is 0 Å². The number of furan rings is 1. The average molecular weight is 265 g/mol. The summed E-state index contributed by atoms with van der Waals surface area (Å²) in [5.74, 6) is -0.266. The fourth-order valence-electron chi connectivity index (χ4n) is 2.04. The molecule has 2 aromatic carbocycles. The molecule has 0 saturated carbocycles. The number of hydrogen-bond acceptors (Lipinski definition) is 3. The smallest absolute Gasteiger partial charge is 0.259 e. The van der Waals surface area contributed by atoms with Crippen LogP contribution in [0.3, 0.4) is 0 Å². The predicted molar refractivity (Wildman–Crippen MR) is 76.0 cm³/mol. The Balaban J connectivity index is 1.91. The Labute approximate surface area is 115 Å². The highest BCUT2D eigenvalue weighted by Gasteiger charge is 2.13. The number of rotatable bonds is 3. The maximum Gasteiger partial charge on any atom is 0.259 e. The van der Waals surface area contributed by atoms with Crippen LogP contribution >= 0.6 is 0 Å². The van der Waals surface area contributed by atoms with Crippen molar-refractivity contribution < 1.29 is 14.0 Å². The van der Waals surface area contributed by atoms with E-state index in [-0.39, 0.29) is 5.91 Å². The van der Waals surface area contributed by atoms with Crippen molar-refractivity contribution in [3.63, 3.8) is 0 Å². The molecule has 1 aromatic heterocycles. The van der Waals surface area contributed by atoms with E-state index in [4.69, 9.17) is 4.42 Å². The number of carbonyl (C=O) groups excluding carboxylic acids is 2. The minimum Gasteiger partial charge on any atom is -0.463 e. The molecule has 20 heavy (non-hydrogen) atoms. The molecular weight excluding hydrogens is 254 g/mol. The lowest BCUT2D eigenvalue weighted by Crippen LogP contribution is -2.11. The van der Waals surface area contributed by atoms with Gasteiger partial charge in [-0.15, -0.1) is 0 Å². The topological polar surface area (TPSA) is 59.3 Å². The lowest BCUT2D eigenvalue weighted by atomic mass is 10.1. The van der Waals surface area contributed by atoms with Gasteiger partial charge in [0.05, 0.1) is 5.56 Å². The molecule has 4 nitrogen and oxygen atoms in total. The second-order valence-corrected chi connectivity index (χ2v) is 4.34. The predicted octanol–water partition coefficient (Wildman–Crippen LogP) is 3.50. The molecule has 0 atom stereocenters. The monoisotopic (exact) mass is 265 g/mol. The van der Waals surface area contributed by atoms with Gasteiger partial charge < -0.3 is 9.73 Å². The fourth-order valence-corrected chi connectivity index (χ4v) is 2.04. The maximum absolute atomic E-state index is 12.2. The molecule has 4 heteroatoms. The number of benzene rings is 2. The lowest BCUT2D eigenvalue weighted by molar-refractivity contribution is 0.102. The van der Waals surface area contributed by atoms with Gasteiger partial charge in [-0.05, 0) is 18.2 Å². The number of hydrogen-bond donors (Lipinski definition) is 1. The van der Waals surface area contributed by atoms with Crippen molar-refractivity contribution in [2.75, 3.05) is 5.32 Å². The van der Waals surface area contributed by atoms with Crippen LogP contribution in [-0.4, -0.2) is 12.2 Å². The van der Waals surface area contributed by atoms with Gasteiger partial charge in [-0.3, -0.25) is 9.59 Å². The largest absolute Gasteiger partial charge is 0.463 e. The van der Waals surface area contributed by atoms with E-state index in [1.165, 1.54) is 6.26 Å². The van der Waals surface area contributed by atoms with Crippen LogP contribution in [0, 0.1) is 0 Å². The Hall–Kier alpha value is -2.88. The number of aldehydes is 1. The van der Waals surface area contributed by atoms with Gasteiger partial charge in [0, 0.05) is 16.6 Å². The normalized spacial score (nSPS) is 10.4. The highest BCUT2D eigenvalue weighted by Crippen LogP contribution is 2.21. The zero-order valence-corrected chi connectivity index (χ0v) is 10.5. The zero-order chi connectivity index (χ0) is 13.9. The molecule has 0 radical (unpaired) electrons. The van der Waals surface area contributed by atoms with Crippen LogP contribution in [0.4, 0.5) is 5.69 Å². The minimum absolute atomic E-state index is 0.266. The summed E-state index contributed by atoms with van der Waals surface area (Å²) in [5.41, 5.74) is 2.22. The Bertz CT molecular complexity index is 789. The first kappa shape index (κ1) is 12.2. The van der Waals surface area contributed by atoms with Gasteiger partial charge in [0.15, 0.2) is 0 Å².